The number of fused-ring (bicyclic) bond motifs is 3. The van der Waals surface area contributed by atoms with E-state index in [-0.39, 0.29) is 127 Å². The zero-order valence-electron chi connectivity index (χ0n) is 57.8. The van der Waals surface area contributed by atoms with Crippen LogP contribution in [0.4, 0.5) is 0 Å². The van der Waals surface area contributed by atoms with Crippen molar-refractivity contribution in [2.24, 2.45) is 34.0 Å². The Labute approximate surface area is 617 Å². The highest BCUT2D eigenvalue weighted by molar-refractivity contribution is 6.33. The number of rotatable bonds is 18. The topological polar surface area (TPSA) is 214 Å². The number of benzene rings is 6. The standard InChI is InChI=1S/C28H33Cl2NO4.C26H31Cl2NO4.C25H29Cl2NO4/c1-16-25-24(17-5-7-18(29)8-6-17)22(11-12-28(25,4)26(32)31-16)21-10-9-19(13-23(21)30)33-14-20-15-34-27(2,3)35-20;1-3-26-11-10-21(20-9-8-19(12-22(20)28)33-14-18(31)13-30)23(16-4-6-17(27)7-5-16)24(26)15(2)29-25(26)32;1-14-23-22(15-3-5-16(26)6-4-15)20(9-10-25(23,2)24(31)28-14)19-8-7-18(11-21(19)27)32-13-17(30)12-29/h5-10,13,16,20,22,24-25H,11-12,14-15H2,1-4H3,(H,31,32);4-9,12,15,18,21,23-24,30-31H,3,10-11,13-14H2,1-2H3,(H,29,32);3-8,11,14,17,20,22-23,29-30H,9-10,12-13H2,1-2H3,(H,28,31)/t16-,20-,22+,24+,25+,28-;15-,18+,21+,23+,24+,26-;14-,17+,20+,22+,23+,25-/m111/s1. The molecule has 3 amide bonds. The zero-order valence-corrected chi connectivity index (χ0v) is 62.3. The van der Waals surface area contributed by atoms with Crippen LogP contribution in [-0.4, -0.2) is 120 Å². The van der Waals surface area contributed by atoms with Crippen LogP contribution >= 0.6 is 69.6 Å². The molecule has 0 radical (unpaired) electrons. The smallest absolute Gasteiger partial charge is 0.226 e. The molecule has 7 aliphatic rings. The summed E-state index contributed by atoms with van der Waals surface area (Å²) in [6.45, 7) is 16.6. The molecular formula is C79H93Cl6N3O12. The van der Waals surface area contributed by atoms with Gasteiger partial charge in [0.2, 0.25) is 17.7 Å². The average Bonchev–Trinajstić information content (AvgIpc) is 1.53. The van der Waals surface area contributed by atoms with Crippen LogP contribution in [0.5, 0.6) is 17.2 Å². The van der Waals surface area contributed by atoms with Gasteiger partial charge in [0.1, 0.15) is 55.4 Å². The minimum Gasteiger partial charge on any atom is -0.491 e. The number of carbonyl (C=O) groups excluding carboxylic acids is 3. The molecule has 0 spiro atoms. The maximum absolute atomic E-state index is 13.1. The van der Waals surface area contributed by atoms with Gasteiger partial charge < -0.3 is 60.1 Å². The van der Waals surface area contributed by atoms with Crippen LogP contribution in [-0.2, 0) is 23.9 Å². The normalized spacial score (nSPS) is 31.5. The van der Waals surface area contributed by atoms with Crippen LogP contribution in [0.15, 0.2) is 127 Å². The summed E-state index contributed by atoms with van der Waals surface area (Å²) < 4.78 is 28.6. The van der Waals surface area contributed by atoms with Gasteiger partial charge in [-0.25, -0.2) is 0 Å². The van der Waals surface area contributed by atoms with Crippen molar-refractivity contribution in [1.29, 1.82) is 0 Å². The minimum atomic E-state index is -0.938. The van der Waals surface area contributed by atoms with E-state index in [0.717, 1.165) is 72.8 Å². The maximum Gasteiger partial charge on any atom is 0.226 e. The molecule has 4 heterocycles. The van der Waals surface area contributed by atoms with E-state index in [1.54, 1.807) is 12.1 Å². The highest BCUT2D eigenvalue weighted by atomic mass is 35.5. The monoisotopic (exact) mass is 1490 g/mol. The molecule has 0 aromatic heterocycles. The molecule has 0 bridgehead atoms. The molecule has 15 nitrogen and oxygen atoms in total. The van der Waals surface area contributed by atoms with Crippen molar-refractivity contribution in [2.75, 3.05) is 39.6 Å². The van der Waals surface area contributed by atoms with Crippen LogP contribution in [0.2, 0.25) is 30.1 Å². The van der Waals surface area contributed by atoms with E-state index in [2.05, 4.69) is 100.0 Å². The summed E-state index contributed by atoms with van der Waals surface area (Å²) in [4.78, 5) is 38.9. The number of nitrogens with one attached hydrogen (secondary N) is 3. The lowest BCUT2D eigenvalue weighted by Gasteiger charge is -2.47. The second kappa shape index (κ2) is 31.5. The van der Waals surface area contributed by atoms with E-state index in [9.17, 15) is 24.6 Å². The minimum absolute atomic E-state index is 0.00457. The third-order valence-electron chi connectivity index (χ3n) is 22.9. The Morgan fingerprint density at radius 3 is 1.19 bits per heavy atom. The van der Waals surface area contributed by atoms with Gasteiger partial charge in [-0.05, 0) is 221 Å². The first kappa shape index (κ1) is 75.8. The molecule has 3 saturated carbocycles. The number of hydrogen-bond acceptors (Lipinski definition) is 12. The van der Waals surface area contributed by atoms with Crippen molar-refractivity contribution >= 4 is 87.3 Å². The Morgan fingerprint density at radius 1 is 0.490 bits per heavy atom. The van der Waals surface area contributed by atoms with Gasteiger partial charge in [0, 0.05) is 66.0 Å². The first-order valence-corrected chi connectivity index (χ1v) is 37.2. The number of aliphatic hydroxyl groups is 4. The molecule has 0 unspecified atom stereocenters. The number of ether oxygens (including phenoxy) is 5. The maximum atomic E-state index is 13.1. The fourth-order valence-corrected chi connectivity index (χ4v) is 19.4. The summed E-state index contributed by atoms with van der Waals surface area (Å²) in [6, 6.07) is 41.3. The van der Waals surface area contributed by atoms with Gasteiger partial charge >= 0.3 is 0 Å². The van der Waals surface area contributed by atoms with Crippen LogP contribution < -0.4 is 30.2 Å². The zero-order chi connectivity index (χ0) is 71.8. The second-order valence-corrected chi connectivity index (χ2v) is 32.0. The number of hydrogen-bond donors (Lipinski definition) is 7. The summed E-state index contributed by atoms with van der Waals surface area (Å²) in [6.07, 6.45) is 3.82. The van der Waals surface area contributed by atoms with Gasteiger partial charge in [0.15, 0.2) is 5.79 Å². The molecule has 21 heteroatoms. The van der Waals surface area contributed by atoms with Crippen LogP contribution in [0.25, 0.3) is 0 Å². The van der Waals surface area contributed by atoms with Crippen molar-refractivity contribution in [1.82, 2.24) is 16.0 Å². The number of amides is 3. The lowest BCUT2D eigenvalue weighted by Crippen LogP contribution is -2.43. The van der Waals surface area contributed by atoms with E-state index in [0.29, 0.717) is 60.6 Å². The molecule has 6 aromatic carbocycles. The quantitative estimate of drug-likeness (QED) is 0.0428. The predicted octanol–water partition coefficient (Wildman–Crippen LogP) is 15.8. The van der Waals surface area contributed by atoms with E-state index in [1.165, 1.54) is 5.56 Å². The number of halogens is 6. The summed E-state index contributed by atoms with van der Waals surface area (Å²) in [5.74, 6) is 2.88. The van der Waals surface area contributed by atoms with Crippen molar-refractivity contribution in [3.05, 3.63) is 191 Å². The Morgan fingerprint density at radius 2 is 0.840 bits per heavy atom. The lowest BCUT2D eigenvalue weighted by atomic mass is 9.54. The summed E-state index contributed by atoms with van der Waals surface area (Å²) >= 11 is 39.0. The van der Waals surface area contributed by atoms with E-state index >= 15 is 0 Å². The van der Waals surface area contributed by atoms with Crippen molar-refractivity contribution in [2.45, 2.75) is 178 Å². The third-order valence-corrected chi connectivity index (χ3v) is 24.7. The fourth-order valence-electron chi connectivity index (χ4n) is 18.1. The van der Waals surface area contributed by atoms with E-state index in [1.807, 2.05) is 86.6 Å². The van der Waals surface area contributed by atoms with Crippen molar-refractivity contribution in [3.8, 4) is 17.2 Å². The summed E-state index contributed by atoms with van der Waals surface area (Å²) in [5.41, 5.74) is 5.46. The highest BCUT2D eigenvalue weighted by Gasteiger charge is 2.61. The molecule has 7 N–H and O–H groups in total. The van der Waals surface area contributed by atoms with Gasteiger partial charge in [-0.2, -0.15) is 0 Å². The Hall–Kier alpha value is -5.37. The molecular weight excluding hydrogens is 1400 g/mol. The second-order valence-electron chi connectivity index (χ2n) is 29.5. The predicted molar refractivity (Wildman–Crippen MR) is 393 cm³/mol. The van der Waals surface area contributed by atoms with Gasteiger partial charge in [-0.1, -0.05) is 145 Å². The van der Waals surface area contributed by atoms with Crippen LogP contribution in [0.3, 0.4) is 0 Å². The third kappa shape index (κ3) is 15.7. The first-order valence-electron chi connectivity index (χ1n) is 35.0. The molecule has 7 fully saturated rings. The molecule has 4 saturated heterocycles. The molecule has 4 aliphatic heterocycles. The summed E-state index contributed by atoms with van der Waals surface area (Å²) in [7, 11) is 0. The molecule has 6 aromatic rings. The SMILES string of the molecule is CC[C@@]12CC[C@@H](c3ccc(OC[C@@H](O)CO)cc3Cl)[C@H](c3ccc(Cl)cc3)[C@@H]1[C@@H](C)NC2=O.C[C@H]1NC(=O)[C@]2(C)CC[C@@H](c3ccc(OC[C@@H](O)CO)cc3Cl)[C@H](c3ccc(Cl)cc3)[C@H]12.C[C@H]1NC(=O)[C@]2(C)CC[C@@H](c3ccc(OC[C@@H]4COC(C)(C)O4)cc3Cl)[C@H](c3ccc(Cl)cc3)[C@H]12. The van der Waals surface area contributed by atoms with Crippen LogP contribution in [0.1, 0.15) is 169 Å². The Bertz CT molecular complexity index is 3870. The highest BCUT2D eigenvalue weighted by Crippen LogP contribution is 2.63. The van der Waals surface area contributed by atoms with E-state index in [4.69, 9.17) is 104 Å². The van der Waals surface area contributed by atoms with Crippen LogP contribution in [0, 0.1) is 34.0 Å². The number of carbonyl (C=O) groups is 3. The lowest BCUT2D eigenvalue weighted by molar-refractivity contribution is -0.141. The van der Waals surface area contributed by atoms with Crippen molar-refractivity contribution in [3.63, 3.8) is 0 Å². The largest absolute Gasteiger partial charge is 0.491 e. The molecule has 100 heavy (non-hydrogen) atoms. The first-order chi connectivity index (χ1) is 47.6. The van der Waals surface area contributed by atoms with Gasteiger partial charge in [0.05, 0.1) is 36.1 Å². The van der Waals surface area contributed by atoms with Gasteiger partial charge in [0.25, 0.3) is 0 Å². The Kier molecular flexibility index (Phi) is 23.9. The average molecular weight is 1490 g/mol. The molecule has 13 rings (SSSR count). The van der Waals surface area contributed by atoms with Gasteiger partial charge in [-0.3, -0.25) is 14.4 Å². The molecule has 538 valence electrons. The van der Waals surface area contributed by atoms with E-state index < -0.39 is 28.8 Å². The van der Waals surface area contributed by atoms with Gasteiger partial charge in [-0.15, -0.1) is 0 Å². The fraction of sp³-hybridized carbons (Fsp3) is 0.506. The number of aliphatic hydroxyl groups excluding tert-OH is 4. The molecule has 18 atom stereocenters. The van der Waals surface area contributed by atoms with Crippen molar-refractivity contribution < 1.29 is 58.5 Å². The summed E-state index contributed by atoms with van der Waals surface area (Å²) in [5, 5.41) is 50.6. The molecule has 3 aliphatic carbocycles. The Balaban J connectivity index is 0.000000151.